The van der Waals surface area contributed by atoms with Gasteiger partial charge < -0.3 is 19.5 Å². The van der Waals surface area contributed by atoms with Gasteiger partial charge in [0.1, 0.15) is 12.4 Å². The molecule has 0 fully saturated rings. The van der Waals surface area contributed by atoms with Crippen LogP contribution in [0.5, 0.6) is 17.2 Å². The zero-order chi connectivity index (χ0) is 28.2. The maximum Gasteiger partial charge on any atom is 0.259 e. The highest BCUT2D eigenvalue weighted by Gasteiger charge is 2.15. The quantitative estimate of drug-likeness (QED) is 0.159. The Balaban J connectivity index is 1.68. The fraction of sp³-hybridized carbons (Fsp3) is 0.207. The number of halogens is 2. The largest absolute Gasteiger partial charge is 0.496 e. The molecule has 0 spiro atoms. The first-order chi connectivity index (χ1) is 18.9. The van der Waals surface area contributed by atoms with Gasteiger partial charge in [0.25, 0.3) is 11.8 Å². The van der Waals surface area contributed by atoms with Gasteiger partial charge in [-0.3, -0.25) is 9.59 Å². The molecule has 10 heteroatoms. The average Bonchev–Trinajstić information content (AvgIpc) is 2.92. The zero-order valence-corrected chi connectivity index (χ0v) is 23.1. The van der Waals surface area contributed by atoms with Crippen molar-refractivity contribution in [1.29, 1.82) is 0 Å². The van der Waals surface area contributed by atoms with E-state index >= 15 is 0 Å². The summed E-state index contributed by atoms with van der Waals surface area (Å²) in [4.78, 5) is 24.6. The van der Waals surface area contributed by atoms with Crippen molar-refractivity contribution in [3.8, 4) is 17.2 Å². The number of methoxy groups -OCH3 is 1. The molecule has 0 aliphatic rings. The molecular formula is C29H29Cl2N3O5. The number of hydrazone groups is 1. The summed E-state index contributed by atoms with van der Waals surface area (Å²) in [5.41, 5.74) is 5.00. The number of nitrogens with one attached hydrogen (secondary N) is 2. The Kier molecular flexibility index (Phi) is 11.2. The molecule has 2 N–H and O–H groups in total. The molecule has 0 bridgehead atoms. The van der Waals surface area contributed by atoms with Crippen molar-refractivity contribution < 1.29 is 23.8 Å². The third-order valence-corrected chi connectivity index (χ3v) is 5.96. The van der Waals surface area contributed by atoms with Gasteiger partial charge in [0.15, 0.2) is 11.5 Å². The Morgan fingerprint density at radius 2 is 1.82 bits per heavy atom. The number of hydrogen-bond acceptors (Lipinski definition) is 6. The van der Waals surface area contributed by atoms with E-state index < -0.39 is 11.8 Å². The minimum absolute atomic E-state index is 0.213. The molecular weight excluding hydrogens is 541 g/mol. The minimum Gasteiger partial charge on any atom is -0.496 e. The fourth-order valence-electron chi connectivity index (χ4n) is 3.59. The lowest BCUT2D eigenvalue weighted by molar-refractivity contribution is -0.120. The van der Waals surface area contributed by atoms with E-state index in [9.17, 15) is 9.59 Å². The summed E-state index contributed by atoms with van der Waals surface area (Å²) in [5, 5.41) is 7.61. The van der Waals surface area contributed by atoms with E-state index in [0.29, 0.717) is 51.4 Å². The number of ether oxygens (including phenoxy) is 3. The van der Waals surface area contributed by atoms with Crippen molar-refractivity contribution in [3.63, 3.8) is 0 Å². The molecule has 0 aliphatic heterocycles. The van der Waals surface area contributed by atoms with Gasteiger partial charge in [0.2, 0.25) is 0 Å². The number of amides is 2. The topological polar surface area (TPSA) is 98.3 Å². The summed E-state index contributed by atoms with van der Waals surface area (Å²) in [6.45, 7) is 6.06. The lowest BCUT2D eigenvalue weighted by atomic mass is 10.1. The molecule has 0 saturated carbocycles. The Bertz CT molecular complexity index is 1360. The van der Waals surface area contributed by atoms with Gasteiger partial charge in [0.05, 0.1) is 32.0 Å². The van der Waals surface area contributed by atoms with Crippen LogP contribution in [0.3, 0.4) is 0 Å². The molecule has 2 amide bonds. The summed E-state index contributed by atoms with van der Waals surface area (Å²) in [7, 11) is 1.47. The van der Waals surface area contributed by atoms with Crippen LogP contribution in [0.2, 0.25) is 10.0 Å². The molecule has 204 valence electrons. The second-order valence-corrected chi connectivity index (χ2v) is 8.98. The molecule has 0 radical (unpaired) electrons. The molecule has 3 aromatic rings. The predicted octanol–water partition coefficient (Wildman–Crippen LogP) is 5.59. The van der Waals surface area contributed by atoms with Crippen LogP contribution in [-0.2, 0) is 17.8 Å². The van der Waals surface area contributed by atoms with Crippen LogP contribution in [0.25, 0.3) is 0 Å². The number of carbonyl (C=O) groups is 2. The predicted molar refractivity (Wildman–Crippen MR) is 153 cm³/mol. The van der Waals surface area contributed by atoms with Crippen LogP contribution in [0, 0.1) is 0 Å². The molecule has 0 unspecified atom stereocenters. The minimum atomic E-state index is -0.495. The third-order valence-electron chi connectivity index (χ3n) is 5.37. The monoisotopic (exact) mass is 569 g/mol. The number of carbonyl (C=O) groups excluding carboxylic acids is 2. The van der Waals surface area contributed by atoms with Crippen molar-refractivity contribution in [2.24, 2.45) is 5.10 Å². The van der Waals surface area contributed by atoms with Gasteiger partial charge in [-0.25, -0.2) is 5.43 Å². The lowest BCUT2D eigenvalue weighted by Gasteiger charge is -2.17. The van der Waals surface area contributed by atoms with E-state index in [4.69, 9.17) is 37.4 Å². The maximum atomic E-state index is 12.4. The number of nitrogens with zero attached hydrogens (tertiary/aromatic N) is 1. The van der Waals surface area contributed by atoms with Gasteiger partial charge in [-0.1, -0.05) is 47.5 Å². The molecule has 0 aromatic heterocycles. The molecule has 0 saturated heterocycles. The number of allylic oxidation sites excluding steroid dienone is 1. The van der Waals surface area contributed by atoms with Crippen molar-refractivity contribution in [2.75, 3.05) is 20.3 Å². The summed E-state index contributed by atoms with van der Waals surface area (Å²) in [6, 6.07) is 15.6. The van der Waals surface area contributed by atoms with Crippen LogP contribution in [0.15, 0.2) is 72.4 Å². The van der Waals surface area contributed by atoms with Crippen LogP contribution in [-0.4, -0.2) is 38.3 Å². The third kappa shape index (κ3) is 8.49. The molecule has 0 aliphatic carbocycles. The molecule has 39 heavy (non-hydrogen) atoms. The lowest BCUT2D eigenvalue weighted by Crippen LogP contribution is -2.35. The summed E-state index contributed by atoms with van der Waals surface area (Å²) in [6.07, 6.45) is 3.74. The Hall–Kier alpha value is -4.01. The van der Waals surface area contributed by atoms with Crippen LogP contribution >= 0.6 is 23.2 Å². The first-order valence-corrected chi connectivity index (χ1v) is 12.8. The van der Waals surface area contributed by atoms with Gasteiger partial charge in [0, 0.05) is 21.2 Å². The first-order valence-electron chi connectivity index (χ1n) is 12.1. The molecule has 8 nitrogen and oxygen atoms in total. The standard InChI is InChI=1S/C29H29Cl2N3O5/c1-4-8-20-13-19(14-26(38-5-2)28(20)39-18-21-11-12-22(30)15-24(21)31)16-33-34-27(35)17-32-29(36)23-9-6-7-10-25(23)37-3/h4,6-7,9-16H,1,5,8,17-18H2,2-3H3,(H,32,36)(H,34,35). The number of benzene rings is 3. The van der Waals surface area contributed by atoms with Crippen molar-refractivity contribution in [2.45, 2.75) is 20.0 Å². The summed E-state index contributed by atoms with van der Waals surface area (Å²) in [5.74, 6) is 0.558. The molecule has 3 rings (SSSR count). The van der Waals surface area contributed by atoms with Gasteiger partial charge in [-0.15, -0.1) is 6.58 Å². The molecule has 0 heterocycles. The van der Waals surface area contributed by atoms with Gasteiger partial charge in [-0.2, -0.15) is 5.10 Å². The van der Waals surface area contributed by atoms with E-state index in [1.54, 1.807) is 54.6 Å². The summed E-state index contributed by atoms with van der Waals surface area (Å²) >= 11 is 12.3. The molecule has 3 aromatic carbocycles. The van der Waals surface area contributed by atoms with Gasteiger partial charge in [-0.05, 0) is 55.3 Å². The van der Waals surface area contributed by atoms with E-state index in [2.05, 4.69) is 22.4 Å². The highest BCUT2D eigenvalue weighted by molar-refractivity contribution is 6.35. The van der Waals surface area contributed by atoms with Crippen molar-refractivity contribution >= 4 is 41.2 Å². The average molecular weight is 570 g/mol. The van der Waals surface area contributed by atoms with Crippen LogP contribution < -0.4 is 25.0 Å². The van der Waals surface area contributed by atoms with Crippen LogP contribution in [0.1, 0.15) is 34.0 Å². The van der Waals surface area contributed by atoms with E-state index in [1.807, 2.05) is 13.0 Å². The van der Waals surface area contributed by atoms with E-state index in [1.165, 1.54) is 13.3 Å². The smallest absolute Gasteiger partial charge is 0.259 e. The fourth-order valence-corrected chi connectivity index (χ4v) is 4.05. The Morgan fingerprint density at radius 3 is 2.54 bits per heavy atom. The highest BCUT2D eigenvalue weighted by Crippen LogP contribution is 2.35. The van der Waals surface area contributed by atoms with E-state index in [-0.39, 0.29) is 13.2 Å². The van der Waals surface area contributed by atoms with Crippen molar-refractivity contribution in [3.05, 3.63) is 99.6 Å². The van der Waals surface area contributed by atoms with Crippen molar-refractivity contribution in [1.82, 2.24) is 10.7 Å². The normalized spacial score (nSPS) is 10.7. The Labute approximate surface area is 237 Å². The second-order valence-electron chi connectivity index (χ2n) is 8.13. The SMILES string of the molecule is C=CCc1cc(C=NNC(=O)CNC(=O)c2ccccc2OC)cc(OCC)c1OCc1ccc(Cl)cc1Cl. The zero-order valence-electron chi connectivity index (χ0n) is 21.6. The van der Waals surface area contributed by atoms with E-state index in [0.717, 1.165) is 11.1 Å². The number of rotatable bonds is 13. The molecule has 0 atom stereocenters. The summed E-state index contributed by atoms with van der Waals surface area (Å²) < 4.78 is 17.1. The second kappa shape index (κ2) is 14.8. The highest BCUT2D eigenvalue weighted by atomic mass is 35.5. The maximum absolute atomic E-state index is 12.4. The Morgan fingerprint density at radius 1 is 1.03 bits per heavy atom. The first kappa shape index (κ1) is 29.5. The number of para-hydroxylation sites is 1. The number of hydrogen-bond donors (Lipinski definition) is 2. The van der Waals surface area contributed by atoms with Gasteiger partial charge >= 0.3 is 0 Å². The van der Waals surface area contributed by atoms with Crippen LogP contribution in [0.4, 0.5) is 0 Å².